The Morgan fingerprint density at radius 1 is 1.30 bits per heavy atom. The molecule has 0 radical (unpaired) electrons. The SMILES string of the molecule is COC[C@]1(C)CC(C(=O)OC)CN1C(=O)OC(C)(C)C. The Kier molecular flexibility index (Phi) is 5.02. The number of nitrogens with zero attached hydrogens (tertiary/aromatic N) is 1. The molecule has 2 atom stereocenters. The van der Waals surface area contributed by atoms with Gasteiger partial charge in [0.05, 0.1) is 25.2 Å². The van der Waals surface area contributed by atoms with Crippen LogP contribution in [0.25, 0.3) is 0 Å². The van der Waals surface area contributed by atoms with Gasteiger partial charge in [-0.1, -0.05) is 0 Å². The number of esters is 1. The first-order chi connectivity index (χ1) is 9.13. The molecule has 1 unspecified atom stereocenters. The fourth-order valence-corrected chi connectivity index (χ4v) is 2.53. The molecule has 0 bridgehead atoms. The minimum Gasteiger partial charge on any atom is -0.469 e. The maximum Gasteiger partial charge on any atom is 0.410 e. The Hall–Kier alpha value is -1.30. The van der Waals surface area contributed by atoms with Gasteiger partial charge in [0.15, 0.2) is 0 Å². The van der Waals surface area contributed by atoms with Gasteiger partial charge in [0.2, 0.25) is 0 Å². The summed E-state index contributed by atoms with van der Waals surface area (Å²) >= 11 is 0. The number of rotatable bonds is 3. The molecule has 6 nitrogen and oxygen atoms in total. The van der Waals surface area contributed by atoms with Gasteiger partial charge >= 0.3 is 12.1 Å². The summed E-state index contributed by atoms with van der Waals surface area (Å²) in [5.74, 6) is -0.647. The number of carbonyl (C=O) groups excluding carboxylic acids is 2. The molecule has 116 valence electrons. The zero-order valence-corrected chi connectivity index (χ0v) is 13.2. The van der Waals surface area contributed by atoms with Crippen molar-refractivity contribution in [2.45, 2.75) is 45.3 Å². The lowest BCUT2D eigenvalue weighted by atomic mass is 9.95. The highest BCUT2D eigenvalue weighted by molar-refractivity contribution is 5.76. The second kappa shape index (κ2) is 5.99. The molecule has 0 aromatic rings. The van der Waals surface area contributed by atoms with Crippen molar-refractivity contribution in [2.24, 2.45) is 5.92 Å². The summed E-state index contributed by atoms with van der Waals surface area (Å²) in [4.78, 5) is 25.6. The molecular formula is C14H25NO5. The Morgan fingerprint density at radius 2 is 1.90 bits per heavy atom. The standard InChI is InChI=1S/C14H25NO5/c1-13(2,3)20-12(17)15-8-10(11(16)19-6)7-14(15,4)9-18-5/h10H,7-9H2,1-6H3/t10?,14-/m0/s1. The highest BCUT2D eigenvalue weighted by Gasteiger charge is 2.48. The minimum atomic E-state index is -0.575. The normalized spacial score (nSPS) is 26.5. The van der Waals surface area contributed by atoms with Crippen molar-refractivity contribution in [3.63, 3.8) is 0 Å². The van der Waals surface area contributed by atoms with Crippen LogP contribution in [-0.2, 0) is 19.0 Å². The van der Waals surface area contributed by atoms with Gasteiger partial charge in [-0.3, -0.25) is 9.69 Å². The largest absolute Gasteiger partial charge is 0.469 e. The molecule has 0 aromatic heterocycles. The predicted octanol–water partition coefficient (Wildman–Crippen LogP) is 1.82. The highest BCUT2D eigenvalue weighted by Crippen LogP contribution is 2.35. The molecule has 1 rings (SSSR count). The molecule has 1 saturated heterocycles. The van der Waals surface area contributed by atoms with Gasteiger partial charge in [-0.25, -0.2) is 4.79 Å². The van der Waals surface area contributed by atoms with Gasteiger partial charge in [0.25, 0.3) is 0 Å². The first-order valence-corrected chi connectivity index (χ1v) is 6.70. The monoisotopic (exact) mass is 287 g/mol. The van der Waals surface area contributed by atoms with Crippen molar-refractivity contribution in [3.05, 3.63) is 0 Å². The third kappa shape index (κ3) is 3.85. The number of hydrogen-bond donors (Lipinski definition) is 0. The van der Waals surface area contributed by atoms with Gasteiger partial charge in [-0.05, 0) is 34.1 Å². The van der Waals surface area contributed by atoms with Crippen LogP contribution in [0.2, 0.25) is 0 Å². The summed E-state index contributed by atoms with van der Waals surface area (Å²) in [6.45, 7) is 7.97. The second-order valence-electron chi connectivity index (χ2n) is 6.45. The van der Waals surface area contributed by atoms with Crippen molar-refractivity contribution in [3.8, 4) is 0 Å². The van der Waals surface area contributed by atoms with E-state index in [9.17, 15) is 9.59 Å². The Morgan fingerprint density at radius 3 is 2.35 bits per heavy atom. The third-order valence-corrected chi connectivity index (χ3v) is 3.34. The van der Waals surface area contributed by atoms with E-state index in [4.69, 9.17) is 14.2 Å². The van der Waals surface area contributed by atoms with Crippen LogP contribution in [0, 0.1) is 5.92 Å². The number of amides is 1. The zero-order chi connectivity index (χ0) is 15.6. The van der Waals surface area contributed by atoms with Gasteiger partial charge in [-0.2, -0.15) is 0 Å². The van der Waals surface area contributed by atoms with E-state index in [-0.39, 0.29) is 11.9 Å². The van der Waals surface area contributed by atoms with Crippen LogP contribution in [0.4, 0.5) is 4.79 Å². The maximum atomic E-state index is 12.3. The molecule has 0 saturated carbocycles. The lowest BCUT2D eigenvalue weighted by Gasteiger charge is -2.35. The van der Waals surface area contributed by atoms with Crippen LogP contribution < -0.4 is 0 Å². The van der Waals surface area contributed by atoms with E-state index >= 15 is 0 Å². The van der Waals surface area contributed by atoms with Crippen molar-refractivity contribution in [2.75, 3.05) is 27.4 Å². The quantitative estimate of drug-likeness (QED) is 0.741. The van der Waals surface area contributed by atoms with Crippen LogP contribution in [0.1, 0.15) is 34.1 Å². The molecule has 0 aliphatic carbocycles. The third-order valence-electron chi connectivity index (χ3n) is 3.34. The summed E-state index contributed by atoms with van der Waals surface area (Å²) in [5.41, 5.74) is -1.13. The molecule has 1 heterocycles. The van der Waals surface area contributed by atoms with E-state index in [1.807, 2.05) is 27.7 Å². The van der Waals surface area contributed by atoms with Crippen LogP contribution in [0.3, 0.4) is 0 Å². The number of carbonyl (C=O) groups is 2. The zero-order valence-electron chi connectivity index (χ0n) is 13.2. The average molecular weight is 287 g/mol. The van der Waals surface area contributed by atoms with Crippen molar-refractivity contribution < 1.29 is 23.8 Å². The molecule has 1 fully saturated rings. The van der Waals surface area contributed by atoms with E-state index in [2.05, 4.69) is 0 Å². The van der Waals surface area contributed by atoms with Crippen LogP contribution in [0.5, 0.6) is 0 Å². The molecule has 1 aliphatic rings. The average Bonchev–Trinajstić information content (AvgIpc) is 2.64. The van der Waals surface area contributed by atoms with Crippen molar-refractivity contribution in [1.29, 1.82) is 0 Å². The molecule has 1 aliphatic heterocycles. The van der Waals surface area contributed by atoms with E-state index in [1.165, 1.54) is 7.11 Å². The summed E-state index contributed by atoms with van der Waals surface area (Å²) in [5, 5.41) is 0. The first kappa shape index (κ1) is 16.8. The van der Waals surface area contributed by atoms with Crippen LogP contribution in [0.15, 0.2) is 0 Å². The number of hydrogen-bond acceptors (Lipinski definition) is 5. The number of methoxy groups -OCH3 is 2. The number of ether oxygens (including phenoxy) is 3. The summed E-state index contributed by atoms with van der Waals surface area (Å²) in [6, 6.07) is 0. The Bertz CT molecular complexity index is 376. The smallest absolute Gasteiger partial charge is 0.410 e. The molecule has 20 heavy (non-hydrogen) atoms. The molecule has 0 N–H and O–H groups in total. The van der Waals surface area contributed by atoms with Crippen LogP contribution in [-0.4, -0.2) is 55.5 Å². The topological polar surface area (TPSA) is 65.1 Å². The van der Waals surface area contributed by atoms with E-state index in [0.29, 0.717) is 19.6 Å². The predicted molar refractivity (Wildman–Crippen MR) is 73.3 cm³/mol. The molecule has 1 amide bonds. The van der Waals surface area contributed by atoms with Gasteiger partial charge in [-0.15, -0.1) is 0 Å². The van der Waals surface area contributed by atoms with Crippen LogP contribution >= 0.6 is 0 Å². The van der Waals surface area contributed by atoms with E-state index < -0.39 is 17.2 Å². The van der Waals surface area contributed by atoms with E-state index in [1.54, 1.807) is 12.0 Å². The van der Waals surface area contributed by atoms with E-state index in [0.717, 1.165) is 0 Å². The summed E-state index contributed by atoms with van der Waals surface area (Å²) in [6.07, 6.45) is 0.0793. The Balaban J connectivity index is 2.90. The first-order valence-electron chi connectivity index (χ1n) is 6.70. The maximum absolute atomic E-state index is 12.3. The lowest BCUT2D eigenvalue weighted by Crippen LogP contribution is -2.49. The fourth-order valence-electron chi connectivity index (χ4n) is 2.53. The molecule has 0 aromatic carbocycles. The minimum absolute atomic E-state index is 0.293. The van der Waals surface area contributed by atoms with Gasteiger partial charge in [0.1, 0.15) is 5.60 Å². The summed E-state index contributed by atoms with van der Waals surface area (Å²) in [7, 11) is 2.93. The second-order valence-corrected chi connectivity index (χ2v) is 6.45. The fraction of sp³-hybridized carbons (Fsp3) is 0.857. The molecule has 6 heteroatoms. The number of likely N-dealkylation sites (tertiary alicyclic amines) is 1. The van der Waals surface area contributed by atoms with Crippen molar-refractivity contribution in [1.82, 2.24) is 4.90 Å². The molecular weight excluding hydrogens is 262 g/mol. The van der Waals surface area contributed by atoms with Gasteiger partial charge < -0.3 is 14.2 Å². The summed E-state index contributed by atoms with van der Waals surface area (Å²) < 4.78 is 15.4. The van der Waals surface area contributed by atoms with Crippen molar-refractivity contribution >= 4 is 12.1 Å². The highest BCUT2D eigenvalue weighted by atomic mass is 16.6. The van der Waals surface area contributed by atoms with Gasteiger partial charge in [0, 0.05) is 13.7 Å². The lowest BCUT2D eigenvalue weighted by molar-refractivity contribution is -0.145. The Labute approximate surface area is 120 Å². The molecule has 0 spiro atoms.